The summed E-state index contributed by atoms with van der Waals surface area (Å²) in [6.07, 6.45) is 16.0. The lowest BCUT2D eigenvalue weighted by Crippen LogP contribution is -2.53. The number of rotatable bonds is 11. The van der Waals surface area contributed by atoms with Gasteiger partial charge in [0, 0.05) is 63.1 Å². The number of hydrogen-bond donors (Lipinski definition) is 2. The molecule has 174 valence electrons. The molecule has 0 spiro atoms. The van der Waals surface area contributed by atoms with Crippen LogP contribution in [0.25, 0.3) is 0 Å². The normalized spacial score (nSPS) is 23.1. The van der Waals surface area contributed by atoms with E-state index in [1.54, 1.807) is 0 Å². The summed E-state index contributed by atoms with van der Waals surface area (Å²) < 4.78 is 4.17. The molecule has 0 saturated carbocycles. The summed E-state index contributed by atoms with van der Waals surface area (Å²) in [6, 6.07) is 5.21. The summed E-state index contributed by atoms with van der Waals surface area (Å²) >= 11 is 0. The molecular weight excluding hydrogens is 386 g/mol. The van der Waals surface area contributed by atoms with Gasteiger partial charge in [-0.3, -0.25) is 9.36 Å². The minimum atomic E-state index is 0.278. The molecule has 0 aliphatic carbocycles. The van der Waals surface area contributed by atoms with Crippen molar-refractivity contribution >= 4 is 0 Å². The molecule has 1 fully saturated rings. The van der Waals surface area contributed by atoms with Crippen molar-refractivity contribution in [1.29, 1.82) is 0 Å². The highest BCUT2D eigenvalue weighted by Crippen LogP contribution is 2.18. The molecule has 1 aliphatic rings. The third kappa shape index (κ3) is 7.44. The van der Waals surface area contributed by atoms with Gasteiger partial charge in [0.1, 0.15) is 0 Å². The van der Waals surface area contributed by atoms with Crippen molar-refractivity contribution in [1.82, 2.24) is 35.1 Å². The smallest absolute Gasteiger partial charge is 0.0656 e. The van der Waals surface area contributed by atoms with Crippen molar-refractivity contribution in [2.24, 2.45) is 0 Å². The van der Waals surface area contributed by atoms with Gasteiger partial charge in [0.05, 0.1) is 12.1 Å². The standard InChI is InChI=1S/C24H43N7/c1-4-5-6-7-8-9-15-29-18-14-25-19-23(21(2)30-16-10-12-26-30)28-24(20-29)22(3)31-17-11-13-27-31/h10-13,16-17,21-25,28H,4-9,14-15,18-20H2,1-3H3. The number of aromatic nitrogens is 4. The van der Waals surface area contributed by atoms with Crippen molar-refractivity contribution in [3.05, 3.63) is 36.9 Å². The van der Waals surface area contributed by atoms with Gasteiger partial charge in [-0.2, -0.15) is 10.2 Å². The maximum atomic E-state index is 4.54. The summed E-state index contributed by atoms with van der Waals surface area (Å²) in [6.45, 7) is 12.1. The highest BCUT2D eigenvalue weighted by Gasteiger charge is 2.29. The second kappa shape index (κ2) is 13.0. The quantitative estimate of drug-likeness (QED) is 0.536. The molecule has 4 atom stereocenters. The topological polar surface area (TPSA) is 62.9 Å². The summed E-state index contributed by atoms with van der Waals surface area (Å²) in [5.74, 6) is 0. The highest BCUT2D eigenvalue weighted by molar-refractivity contribution is 4.93. The molecule has 2 aromatic rings. The van der Waals surface area contributed by atoms with E-state index in [-0.39, 0.29) is 12.1 Å². The van der Waals surface area contributed by atoms with Crippen LogP contribution < -0.4 is 10.6 Å². The van der Waals surface area contributed by atoms with Crippen LogP contribution in [-0.2, 0) is 0 Å². The van der Waals surface area contributed by atoms with E-state index in [0.29, 0.717) is 12.1 Å². The number of nitrogens with one attached hydrogen (secondary N) is 2. The zero-order valence-electron chi connectivity index (χ0n) is 19.8. The summed E-state index contributed by atoms with van der Waals surface area (Å²) in [5.41, 5.74) is 0. The van der Waals surface area contributed by atoms with Crippen LogP contribution in [-0.4, -0.2) is 69.3 Å². The molecule has 0 radical (unpaired) electrons. The van der Waals surface area contributed by atoms with Gasteiger partial charge in [0.2, 0.25) is 0 Å². The lowest BCUT2D eigenvalue weighted by Gasteiger charge is -2.35. The zero-order chi connectivity index (χ0) is 21.9. The largest absolute Gasteiger partial charge is 0.314 e. The Bertz CT molecular complexity index is 685. The Morgan fingerprint density at radius 1 is 0.903 bits per heavy atom. The first kappa shape index (κ1) is 24.0. The molecule has 7 nitrogen and oxygen atoms in total. The lowest BCUT2D eigenvalue weighted by atomic mass is 10.0. The predicted octanol–water partition coefficient (Wildman–Crippen LogP) is 3.49. The van der Waals surface area contributed by atoms with E-state index in [4.69, 9.17) is 0 Å². The Hall–Kier alpha value is -1.70. The first-order valence-corrected chi connectivity index (χ1v) is 12.4. The molecule has 7 heteroatoms. The third-order valence-electron chi connectivity index (χ3n) is 6.73. The lowest BCUT2D eigenvalue weighted by molar-refractivity contribution is 0.196. The van der Waals surface area contributed by atoms with Crippen LogP contribution in [0.2, 0.25) is 0 Å². The average molecular weight is 430 g/mol. The molecule has 1 aliphatic heterocycles. The molecule has 3 heterocycles. The van der Waals surface area contributed by atoms with E-state index in [9.17, 15) is 0 Å². The molecule has 2 aromatic heterocycles. The number of unbranched alkanes of at least 4 members (excludes halogenated alkanes) is 5. The number of hydrogen-bond acceptors (Lipinski definition) is 5. The fraction of sp³-hybridized carbons (Fsp3) is 0.750. The van der Waals surface area contributed by atoms with Crippen molar-refractivity contribution < 1.29 is 0 Å². The monoisotopic (exact) mass is 429 g/mol. The Kier molecular flexibility index (Phi) is 10.0. The fourth-order valence-corrected chi connectivity index (χ4v) is 4.58. The molecule has 1 saturated heterocycles. The van der Waals surface area contributed by atoms with Gasteiger partial charge in [0.15, 0.2) is 0 Å². The Morgan fingerprint density at radius 2 is 1.55 bits per heavy atom. The van der Waals surface area contributed by atoms with Crippen LogP contribution in [0.4, 0.5) is 0 Å². The summed E-state index contributed by atoms with van der Waals surface area (Å²) in [4.78, 5) is 2.64. The van der Waals surface area contributed by atoms with E-state index >= 15 is 0 Å². The predicted molar refractivity (Wildman–Crippen MR) is 127 cm³/mol. The maximum absolute atomic E-state index is 4.54. The summed E-state index contributed by atoms with van der Waals surface area (Å²) in [5, 5.41) is 16.7. The van der Waals surface area contributed by atoms with Crippen LogP contribution in [0.15, 0.2) is 36.9 Å². The van der Waals surface area contributed by atoms with Crippen molar-refractivity contribution in [3.63, 3.8) is 0 Å². The molecule has 0 bridgehead atoms. The van der Waals surface area contributed by atoms with Crippen LogP contribution in [0.5, 0.6) is 0 Å². The van der Waals surface area contributed by atoms with Gasteiger partial charge in [-0.05, 0) is 38.9 Å². The van der Waals surface area contributed by atoms with Gasteiger partial charge in [0.25, 0.3) is 0 Å². The molecule has 0 amide bonds. The highest BCUT2D eigenvalue weighted by atomic mass is 15.3. The minimum Gasteiger partial charge on any atom is -0.314 e. The second-order valence-electron chi connectivity index (χ2n) is 9.11. The molecule has 3 rings (SSSR count). The SMILES string of the molecule is CCCCCCCCN1CCNCC(C(C)n2cccn2)NC(C(C)n2cccn2)C1. The fourth-order valence-electron chi connectivity index (χ4n) is 4.58. The Labute approximate surface area is 188 Å². The van der Waals surface area contributed by atoms with E-state index < -0.39 is 0 Å². The first-order chi connectivity index (χ1) is 15.2. The third-order valence-corrected chi connectivity index (χ3v) is 6.73. The minimum absolute atomic E-state index is 0.278. The number of nitrogens with zero attached hydrogens (tertiary/aromatic N) is 5. The van der Waals surface area contributed by atoms with Crippen LogP contribution >= 0.6 is 0 Å². The van der Waals surface area contributed by atoms with Crippen LogP contribution in [0.1, 0.15) is 71.4 Å². The van der Waals surface area contributed by atoms with Gasteiger partial charge in [-0.1, -0.05) is 39.0 Å². The maximum Gasteiger partial charge on any atom is 0.0656 e. The van der Waals surface area contributed by atoms with Crippen molar-refractivity contribution in [3.8, 4) is 0 Å². The Balaban J connectivity index is 1.65. The van der Waals surface area contributed by atoms with E-state index in [1.165, 1.54) is 45.1 Å². The second-order valence-corrected chi connectivity index (χ2v) is 9.11. The average Bonchev–Trinajstić information content (AvgIpc) is 3.50. The first-order valence-electron chi connectivity index (χ1n) is 12.4. The zero-order valence-corrected chi connectivity index (χ0v) is 19.8. The molecule has 31 heavy (non-hydrogen) atoms. The van der Waals surface area contributed by atoms with Gasteiger partial charge in [-0.25, -0.2) is 0 Å². The van der Waals surface area contributed by atoms with Crippen LogP contribution in [0, 0.1) is 0 Å². The molecule has 2 N–H and O–H groups in total. The van der Waals surface area contributed by atoms with E-state index in [0.717, 1.165) is 26.2 Å². The van der Waals surface area contributed by atoms with Gasteiger partial charge >= 0.3 is 0 Å². The van der Waals surface area contributed by atoms with Gasteiger partial charge in [-0.15, -0.1) is 0 Å². The van der Waals surface area contributed by atoms with E-state index in [2.05, 4.69) is 68.3 Å². The van der Waals surface area contributed by atoms with Gasteiger partial charge < -0.3 is 15.5 Å². The Morgan fingerprint density at radius 3 is 2.19 bits per heavy atom. The van der Waals surface area contributed by atoms with Crippen LogP contribution in [0.3, 0.4) is 0 Å². The molecular formula is C24H43N7. The van der Waals surface area contributed by atoms with Crippen molar-refractivity contribution in [2.45, 2.75) is 83.5 Å². The van der Waals surface area contributed by atoms with E-state index in [1.807, 2.05) is 24.5 Å². The molecule has 0 aromatic carbocycles. The molecule has 4 unspecified atom stereocenters. The summed E-state index contributed by atoms with van der Waals surface area (Å²) in [7, 11) is 0. The van der Waals surface area contributed by atoms with Crippen molar-refractivity contribution in [2.75, 3.05) is 32.7 Å².